The minimum absolute atomic E-state index is 0. The maximum atomic E-state index is 15.4. The number of aromatic amines is 1. The quantitative estimate of drug-likeness (QED) is 0.354. The number of nitrogens with zero attached hydrogens (tertiary/aromatic N) is 5. The third-order valence-electron chi connectivity index (χ3n) is 6.42. The first kappa shape index (κ1) is 23.7. The summed E-state index contributed by atoms with van der Waals surface area (Å²) in [7, 11) is 0. The van der Waals surface area contributed by atoms with Gasteiger partial charge in [0.15, 0.2) is 5.82 Å². The fourth-order valence-corrected chi connectivity index (χ4v) is 4.45. The number of fused-ring (bicyclic) bond motifs is 1. The minimum Gasteiger partial charge on any atom is -0.324 e. The molecule has 0 unspecified atom stereocenters. The van der Waals surface area contributed by atoms with Crippen molar-refractivity contribution >= 4 is 35.2 Å². The third kappa shape index (κ3) is 5.14. The summed E-state index contributed by atoms with van der Waals surface area (Å²) in [6.45, 7) is 5.59. The maximum Gasteiger partial charge on any atom is 0.206 e. The van der Waals surface area contributed by atoms with Crippen LogP contribution < -0.4 is 10.6 Å². The first-order valence-corrected chi connectivity index (χ1v) is 11.7. The number of nitrogens with one attached hydrogen (secondary N) is 3. The first-order chi connectivity index (χ1) is 16.6. The molecule has 1 aromatic carbocycles. The van der Waals surface area contributed by atoms with Gasteiger partial charge in [0.25, 0.3) is 0 Å². The Balaban J connectivity index is 0.00000253. The van der Waals surface area contributed by atoms with Crippen LogP contribution in [0.5, 0.6) is 0 Å². The zero-order valence-electron chi connectivity index (χ0n) is 19.1. The highest BCUT2D eigenvalue weighted by molar-refractivity contribution is 5.85. The highest BCUT2D eigenvalue weighted by Gasteiger charge is 2.24. The van der Waals surface area contributed by atoms with Crippen molar-refractivity contribution < 1.29 is 8.78 Å². The summed E-state index contributed by atoms with van der Waals surface area (Å²) in [6.07, 6.45) is 7.31. The second-order valence-corrected chi connectivity index (χ2v) is 9.12. The van der Waals surface area contributed by atoms with Gasteiger partial charge < -0.3 is 15.6 Å². The second kappa shape index (κ2) is 9.88. The molecule has 0 spiro atoms. The van der Waals surface area contributed by atoms with Crippen molar-refractivity contribution in [2.24, 2.45) is 5.92 Å². The summed E-state index contributed by atoms with van der Waals surface area (Å²) in [6, 6.07) is 5.21. The van der Waals surface area contributed by atoms with E-state index in [1.807, 2.05) is 12.1 Å². The zero-order valence-corrected chi connectivity index (χ0v) is 19.9. The van der Waals surface area contributed by atoms with Gasteiger partial charge in [-0.15, -0.1) is 12.4 Å². The number of anilines is 2. The molecule has 6 rings (SSSR count). The summed E-state index contributed by atoms with van der Waals surface area (Å²) in [5, 5.41) is 10.7. The maximum absolute atomic E-state index is 15.4. The van der Waals surface area contributed by atoms with E-state index in [2.05, 4.69) is 35.6 Å². The van der Waals surface area contributed by atoms with E-state index in [1.54, 1.807) is 17.1 Å². The molecule has 1 saturated heterocycles. The number of hydrogen-bond acceptors (Lipinski definition) is 6. The molecule has 0 amide bonds. The normalized spacial score (nSPS) is 16.4. The number of hydrogen-bond donors (Lipinski definition) is 3. The van der Waals surface area contributed by atoms with E-state index < -0.39 is 11.6 Å². The molecule has 1 saturated carbocycles. The molecule has 4 aromatic rings. The van der Waals surface area contributed by atoms with Crippen LogP contribution in [0.25, 0.3) is 22.2 Å². The molecule has 2 aliphatic rings. The number of piperazine rings is 1. The Kier molecular flexibility index (Phi) is 6.68. The van der Waals surface area contributed by atoms with Crippen LogP contribution >= 0.6 is 12.4 Å². The smallest absolute Gasteiger partial charge is 0.206 e. The summed E-state index contributed by atoms with van der Waals surface area (Å²) >= 11 is 0. The van der Waals surface area contributed by atoms with Crippen molar-refractivity contribution in [1.29, 1.82) is 0 Å². The Morgan fingerprint density at radius 2 is 1.97 bits per heavy atom. The number of H-pyrrole nitrogens is 1. The Labute approximate surface area is 207 Å². The molecule has 3 N–H and O–H groups in total. The fraction of sp³-hybridized carbons (Fsp3) is 0.375. The van der Waals surface area contributed by atoms with Gasteiger partial charge in [-0.3, -0.25) is 9.58 Å². The molecule has 35 heavy (non-hydrogen) atoms. The number of halogens is 3. The van der Waals surface area contributed by atoms with Crippen LogP contribution in [0.3, 0.4) is 0 Å². The Hall–Kier alpha value is -3.08. The zero-order chi connectivity index (χ0) is 23.1. The van der Waals surface area contributed by atoms with Crippen molar-refractivity contribution in [3.63, 3.8) is 0 Å². The second-order valence-electron chi connectivity index (χ2n) is 9.12. The number of rotatable bonds is 7. The third-order valence-corrected chi connectivity index (χ3v) is 6.42. The minimum atomic E-state index is -0.703. The lowest BCUT2D eigenvalue weighted by molar-refractivity contribution is 0.233. The molecular weight excluding hydrogens is 474 g/mol. The molecule has 184 valence electrons. The van der Waals surface area contributed by atoms with Gasteiger partial charge in [-0.05, 0) is 36.5 Å². The van der Waals surface area contributed by atoms with E-state index in [-0.39, 0.29) is 29.0 Å². The summed E-state index contributed by atoms with van der Waals surface area (Å²) in [5.41, 5.74) is 1.79. The van der Waals surface area contributed by atoms with E-state index in [0.29, 0.717) is 23.2 Å². The predicted octanol–water partition coefficient (Wildman–Crippen LogP) is 4.08. The molecular formula is C24H27ClF2N8. The van der Waals surface area contributed by atoms with Crippen LogP contribution in [0, 0.1) is 17.6 Å². The Morgan fingerprint density at radius 1 is 1.14 bits per heavy atom. The lowest BCUT2D eigenvalue weighted by Gasteiger charge is -2.27. The van der Waals surface area contributed by atoms with Crippen molar-refractivity contribution in [3.05, 3.63) is 54.0 Å². The van der Waals surface area contributed by atoms with E-state index in [4.69, 9.17) is 0 Å². The molecule has 1 aliphatic heterocycles. The summed E-state index contributed by atoms with van der Waals surface area (Å²) < 4.78 is 32.0. The summed E-state index contributed by atoms with van der Waals surface area (Å²) in [5.74, 6) is 0.165. The van der Waals surface area contributed by atoms with E-state index in [1.165, 1.54) is 25.1 Å². The van der Waals surface area contributed by atoms with E-state index in [9.17, 15) is 4.39 Å². The molecule has 11 heteroatoms. The number of benzene rings is 1. The van der Waals surface area contributed by atoms with Crippen molar-refractivity contribution in [3.8, 4) is 11.1 Å². The van der Waals surface area contributed by atoms with Gasteiger partial charge in [0, 0.05) is 63.3 Å². The lowest BCUT2D eigenvalue weighted by Crippen LogP contribution is -2.42. The largest absolute Gasteiger partial charge is 0.324 e. The molecule has 2 fully saturated rings. The molecule has 0 bridgehead atoms. The Morgan fingerprint density at radius 3 is 2.77 bits per heavy atom. The Bertz CT molecular complexity index is 1330. The van der Waals surface area contributed by atoms with Crippen LogP contribution in [0.1, 0.15) is 18.4 Å². The van der Waals surface area contributed by atoms with Gasteiger partial charge >= 0.3 is 0 Å². The highest BCUT2D eigenvalue weighted by atomic mass is 35.5. The van der Waals surface area contributed by atoms with Crippen LogP contribution in [-0.2, 0) is 13.1 Å². The van der Waals surface area contributed by atoms with Gasteiger partial charge in [-0.2, -0.15) is 5.10 Å². The molecule has 8 nitrogen and oxygen atoms in total. The topological polar surface area (TPSA) is 86.7 Å². The number of aromatic nitrogens is 5. The summed E-state index contributed by atoms with van der Waals surface area (Å²) in [4.78, 5) is 14.0. The van der Waals surface area contributed by atoms with Crippen LogP contribution in [0.15, 0.2) is 36.8 Å². The van der Waals surface area contributed by atoms with Crippen molar-refractivity contribution in [2.75, 3.05) is 31.5 Å². The monoisotopic (exact) mass is 500 g/mol. The molecule has 4 heterocycles. The average Bonchev–Trinajstić information content (AvgIpc) is 3.37. The lowest BCUT2D eigenvalue weighted by atomic mass is 10.1. The average molecular weight is 501 g/mol. The number of imidazole rings is 1. The van der Waals surface area contributed by atoms with Gasteiger partial charge in [0.05, 0.1) is 17.3 Å². The predicted molar refractivity (Wildman–Crippen MR) is 133 cm³/mol. The van der Waals surface area contributed by atoms with Gasteiger partial charge in [0.2, 0.25) is 5.95 Å². The molecule has 1 aliphatic carbocycles. The van der Waals surface area contributed by atoms with Crippen LogP contribution in [0.4, 0.5) is 20.5 Å². The van der Waals surface area contributed by atoms with E-state index >= 15 is 4.39 Å². The molecule has 3 aromatic heterocycles. The SMILES string of the molecule is Cl.Fc1cc2[nH]c(Nc3cc(CN4CCNCC4)ccn3)nc2c(F)c1-c1cnn(CC2CC2)c1. The van der Waals surface area contributed by atoms with Crippen molar-refractivity contribution in [1.82, 2.24) is 34.9 Å². The highest BCUT2D eigenvalue weighted by Crippen LogP contribution is 2.34. The van der Waals surface area contributed by atoms with Crippen LogP contribution in [-0.4, -0.2) is 55.8 Å². The molecule has 0 radical (unpaired) electrons. The first-order valence-electron chi connectivity index (χ1n) is 11.7. The van der Waals surface area contributed by atoms with Gasteiger partial charge in [-0.1, -0.05) is 0 Å². The standard InChI is InChI=1S/C24H26F2N8.ClH/c25-18-10-19-23(22(26)21(18)17-11-29-34(14-17)13-15-1-2-15)32-24(30-19)31-20-9-16(3-4-28-20)12-33-7-5-27-6-8-33;/h3-4,9-11,14-15,27H,1-2,5-8,12-13H2,(H2,28,30,31,32);1H. The van der Waals surface area contributed by atoms with Gasteiger partial charge in [-0.25, -0.2) is 18.7 Å². The fourth-order valence-electron chi connectivity index (χ4n) is 4.45. The van der Waals surface area contributed by atoms with Gasteiger partial charge in [0.1, 0.15) is 17.2 Å². The van der Waals surface area contributed by atoms with E-state index in [0.717, 1.165) is 44.8 Å². The molecule has 0 atom stereocenters. The van der Waals surface area contributed by atoms with Crippen molar-refractivity contribution in [2.45, 2.75) is 25.9 Å². The van der Waals surface area contributed by atoms with Crippen LogP contribution in [0.2, 0.25) is 0 Å². The number of pyridine rings is 1.